The van der Waals surface area contributed by atoms with Crippen LogP contribution in [0.15, 0.2) is 65.2 Å². The van der Waals surface area contributed by atoms with E-state index in [-0.39, 0.29) is 37.8 Å². The number of halogens is 1. The predicted octanol–water partition coefficient (Wildman–Crippen LogP) is 4.62. The molecule has 196 valence electrons. The summed E-state index contributed by atoms with van der Waals surface area (Å²) in [6.07, 6.45) is 0.486. The molecule has 1 aliphatic heterocycles. The average molecular weight is 519 g/mol. The quantitative estimate of drug-likeness (QED) is 0.337. The molecule has 10 heteroatoms. The first-order valence-corrected chi connectivity index (χ1v) is 12.2. The Labute approximate surface area is 218 Å². The number of carbonyl (C=O) groups excluding carboxylic acids is 2. The van der Waals surface area contributed by atoms with Crippen molar-refractivity contribution in [1.29, 1.82) is 0 Å². The second kappa shape index (κ2) is 10.9. The smallest absolute Gasteiger partial charge is 0.339 e. The number of aromatic nitrogens is 2. The number of nitrogens with one attached hydrogen (secondary N) is 1. The largest absolute Gasteiger partial charge is 0.475 e. The molecule has 0 aliphatic carbocycles. The number of amides is 1. The lowest BCUT2D eigenvalue weighted by molar-refractivity contribution is -0.132. The Morgan fingerprint density at radius 1 is 1.18 bits per heavy atom. The second-order valence-electron chi connectivity index (χ2n) is 9.16. The molecule has 1 aliphatic rings. The zero-order valence-corrected chi connectivity index (χ0v) is 21.0. The van der Waals surface area contributed by atoms with E-state index in [0.29, 0.717) is 22.7 Å². The van der Waals surface area contributed by atoms with Crippen molar-refractivity contribution in [2.24, 2.45) is 0 Å². The summed E-state index contributed by atoms with van der Waals surface area (Å²) in [5, 5.41) is 3.18. The highest BCUT2D eigenvalue weighted by molar-refractivity contribution is 5.88. The van der Waals surface area contributed by atoms with Gasteiger partial charge in [0.1, 0.15) is 18.3 Å². The number of fused-ring (bicyclic) bond motifs is 1. The van der Waals surface area contributed by atoms with Crippen LogP contribution in [-0.2, 0) is 16.0 Å². The molecular weight excluding hydrogens is 491 g/mol. The van der Waals surface area contributed by atoms with Gasteiger partial charge in [0, 0.05) is 24.4 Å². The lowest BCUT2D eigenvalue weighted by Crippen LogP contribution is -2.40. The van der Waals surface area contributed by atoms with E-state index in [4.69, 9.17) is 9.15 Å². The van der Waals surface area contributed by atoms with Gasteiger partial charge in [-0.1, -0.05) is 24.3 Å². The second-order valence-corrected chi connectivity index (χ2v) is 9.16. The summed E-state index contributed by atoms with van der Waals surface area (Å²) in [4.78, 5) is 34.8. The maximum atomic E-state index is 14.3. The van der Waals surface area contributed by atoms with E-state index in [1.807, 2.05) is 37.3 Å². The van der Waals surface area contributed by atoms with E-state index in [2.05, 4.69) is 20.0 Å². The number of aryl methyl sites for hydroxylation is 1. The number of ether oxygens (including phenoxy) is 2. The van der Waals surface area contributed by atoms with Crippen LogP contribution in [0, 0.1) is 6.92 Å². The number of hydrogen-bond donors (Lipinski definition) is 1. The highest BCUT2D eigenvalue weighted by Crippen LogP contribution is 2.26. The number of likely N-dealkylation sites (tertiary alicyclic amines) is 1. The van der Waals surface area contributed by atoms with E-state index in [1.165, 1.54) is 30.3 Å². The number of methoxy groups -OCH3 is 1. The number of nitrogens with zero attached hydrogens (tertiary/aromatic N) is 3. The van der Waals surface area contributed by atoms with Gasteiger partial charge in [0.15, 0.2) is 5.58 Å². The van der Waals surface area contributed by atoms with Gasteiger partial charge >= 0.3 is 5.97 Å². The van der Waals surface area contributed by atoms with E-state index in [1.54, 1.807) is 12.1 Å². The van der Waals surface area contributed by atoms with Crippen LogP contribution < -0.4 is 10.1 Å². The molecule has 5 rings (SSSR count). The standard InChI is InChI=1S/C28H27FN4O5/c1-17-5-3-4-6-22(17)31-28-32-23-9-7-18(11-24(23)38-28)12-26(34)33-15-20(29)13-21(33)16-37-25-10-8-19(14-30-25)27(35)36-2/h3-11,14,20-21H,12-13,15-16H2,1-2H3,(H,31,32)/t20?,21-/m0/s1. The molecule has 9 nitrogen and oxygen atoms in total. The topological polar surface area (TPSA) is 107 Å². The lowest BCUT2D eigenvalue weighted by atomic mass is 10.1. The minimum atomic E-state index is -1.13. The summed E-state index contributed by atoms with van der Waals surface area (Å²) in [5.74, 6) is -0.428. The predicted molar refractivity (Wildman–Crippen MR) is 138 cm³/mol. The van der Waals surface area contributed by atoms with Crippen molar-refractivity contribution in [2.45, 2.75) is 32.0 Å². The number of oxazole rings is 1. The van der Waals surface area contributed by atoms with Crippen LogP contribution in [0.1, 0.15) is 27.9 Å². The Morgan fingerprint density at radius 2 is 2.03 bits per heavy atom. The van der Waals surface area contributed by atoms with E-state index in [9.17, 15) is 14.0 Å². The molecule has 3 heterocycles. The first kappa shape index (κ1) is 25.2. The van der Waals surface area contributed by atoms with Gasteiger partial charge < -0.3 is 24.1 Å². The molecule has 1 fully saturated rings. The van der Waals surface area contributed by atoms with E-state index in [0.717, 1.165) is 16.8 Å². The molecule has 2 aromatic heterocycles. The van der Waals surface area contributed by atoms with Crippen molar-refractivity contribution < 1.29 is 27.9 Å². The molecule has 4 aromatic rings. The molecule has 2 atom stereocenters. The number of pyridine rings is 1. The molecule has 0 radical (unpaired) electrons. The molecule has 38 heavy (non-hydrogen) atoms. The van der Waals surface area contributed by atoms with Gasteiger partial charge in [-0.15, -0.1) is 0 Å². The number of rotatable bonds is 8. The minimum absolute atomic E-state index is 0.0105. The van der Waals surface area contributed by atoms with Crippen molar-refractivity contribution in [3.05, 3.63) is 77.5 Å². The Balaban J connectivity index is 1.22. The third-order valence-corrected chi connectivity index (χ3v) is 6.46. The van der Waals surface area contributed by atoms with Crippen molar-refractivity contribution in [1.82, 2.24) is 14.9 Å². The van der Waals surface area contributed by atoms with Crippen molar-refractivity contribution >= 4 is 34.7 Å². The monoisotopic (exact) mass is 518 g/mol. The fourth-order valence-corrected chi connectivity index (χ4v) is 4.45. The van der Waals surface area contributed by atoms with Crippen molar-refractivity contribution in [3.63, 3.8) is 0 Å². The van der Waals surface area contributed by atoms with E-state index < -0.39 is 18.2 Å². The molecule has 1 unspecified atom stereocenters. The molecule has 1 saturated heterocycles. The zero-order chi connectivity index (χ0) is 26.6. The lowest BCUT2D eigenvalue weighted by Gasteiger charge is -2.24. The maximum absolute atomic E-state index is 14.3. The van der Waals surface area contributed by atoms with Crippen molar-refractivity contribution in [3.8, 4) is 5.88 Å². The summed E-state index contributed by atoms with van der Waals surface area (Å²) in [7, 11) is 1.29. The Kier molecular flexibility index (Phi) is 7.21. The number of esters is 1. The van der Waals surface area contributed by atoms with Crippen LogP contribution in [0.3, 0.4) is 0 Å². The first-order chi connectivity index (χ1) is 18.4. The number of carbonyl (C=O) groups is 2. The van der Waals surface area contributed by atoms with Gasteiger partial charge in [-0.25, -0.2) is 14.2 Å². The summed E-state index contributed by atoms with van der Waals surface area (Å²) < 4.78 is 30.5. The maximum Gasteiger partial charge on any atom is 0.339 e. The summed E-state index contributed by atoms with van der Waals surface area (Å²) >= 11 is 0. The molecule has 1 N–H and O–H groups in total. The normalized spacial score (nSPS) is 17.0. The average Bonchev–Trinajstić information content (AvgIpc) is 3.50. The highest BCUT2D eigenvalue weighted by Gasteiger charge is 2.35. The number of anilines is 2. The van der Waals surface area contributed by atoms with Crippen LogP contribution in [0.25, 0.3) is 11.1 Å². The Hall–Kier alpha value is -4.47. The number of para-hydroxylation sites is 1. The van der Waals surface area contributed by atoms with Gasteiger partial charge in [-0.3, -0.25) is 4.79 Å². The van der Waals surface area contributed by atoms with Gasteiger partial charge in [0.05, 0.1) is 31.7 Å². The van der Waals surface area contributed by atoms with Gasteiger partial charge in [-0.2, -0.15) is 4.98 Å². The number of alkyl halides is 1. The number of benzene rings is 2. The van der Waals surface area contributed by atoms with Crippen LogP contribution in [0.2, 0.25) is 0 Å². The summed E-state index contributed by atoms with van der Waals surface area (Å²) in [6.45, 7) is 2.09. The van der Waals surface area contributed by atoms with Crippen molar-refractivity contribution in [2.75, 3.05) is 25.6 Å². The van der Waals surface area contributed by atoms with Crippen LogP contribution in [-0.4, -0.2) is 59.2 Å². The molecule has 2 aromatic carbocycles. The fraction of sp³-hybridized carbons (Fsp3) is 0.286. The Bertz CT molecular complexity index is 1460. The van der Waals surface area contributed by atoms with Gasteiger partial charge in [0.2, 0.25) is 11.8 Å². The van der Waals surface area contributed by atoms with E-state index >= 15 is 0 Å². The molecular formula is C28H27FN4O5. The van der Waals surface area contributed by atoms with Crippen LogP contribution >= 0.6 is 0 Å². The van der Waals surface area contributed by atoms with Crippen LogP contribution in [0.4, 0.5) is 16.1 Å². The van der Waals surface area contributed by atoms with Gasteiger partial charge in [0.25, 0.3) is 6.01 Å². The molecule has 0 saturated carbocycles. The summed E-state index contributed by atoms with van der Waals surface area (Å²) in [5.41, 5.74) is 4.21. The van der Waals surface area contributed by atoms with Gasteiger partial charge in [-0.05, 0) is 42.3 Å². The molecule has 0 bridgehead atoms. The molecule has 0 spiro atoms. The fourth-order valence-electron chi connectivity index (χ4n) is 4.45. The molecule has 1 amide bonds. The first-order valence-electron chi connectivity index (χ1n) is 12.2. The third kappa shape index (κ3) is 5.59. The van der Waals surface area contributed by atoms with Crippen LogP contribution in [0.5, 0.6) is 5.88 Å². The SMILES string of the molecule is COC(=O)c1ccc(OC[C@@H]2CC(F)CN2C(=O)Cc2ccc3nc(Nc4ccccc4C)oc3c2)nc1. The highest BCUT2D eigenvalue weighted by atomic mass is 19.1. The number of hydrogen-bond acceptors (Lipinski definition) is 8. The minimum Gasteiger partial charge on any atom is -0.475 e. The third-order valence-electron chi connectivity index (χ3n) is 6.46. The zero-order valence-electron chi connectivity index (χ0n) is 21.0. The Morgan fingerprint density at radius 3 is 2.79 bits per heavy atom. The summed E-state index contributed by atoms with van der Waals surface area (Å²) in [6, 6.07) is 16.2.